The second-order valence-electron chi connectivity index (χ2n) is 3.56. The van der Waals surface area contributed by atoms with Crippen molar-refractivity contribution in [2.75, 3.05) is 0 Å². The largest absolute Gasteiger partial charge is 0.430 e. The van der Waals surface area contributed by atoms with Crippen LogP contribution < -0.4 is 4.74 Å². The van der Waals surface area contributed by atoms with Gasteiger partial charge in [-0.1, -0.05) is 22.9 Å². The molecule has 0 saturated carbocycles. The van der Waals surface area contributed by atoms with E-state index in [4.69, 9.17) is 16.3 Å². The van der Waals surface area contributed by atoms with Crippen molar-refractivity contribution in [1.29, 1.82) is 0 Å². The number of ether oxygens (including phenoxy) is 1. The molecular formula is C11H7ClN2O4S. The van der Waals surface area contributed by atoms with Crippen LogP contribution in [-0.4, -0.2) is 16.2 Å². The number of aldehydes is 1. The van der Waals surface area contributed by atoms with Gasteiger partial charge in [0.15, 0.2) is 11.4 Å². The summed E-state index contributed by atoms with van der Waals surface area (Å²) in [5.41, 5.74) is 0.628. The predicted molar refractivity (Wildman–Crippen MR) is 70.4 cm³/mol. The molecule has 0 saturated heterocycles. The summed E-state index contributed by atoms with van der Waals surface area (Å²) in [5.74, 6) is 0.303. The lowest BCUT2D eigenvalue weighted by Crippen LogP contribution is -1.91. The molecular weight excluding hydrogens is 292 g/mol. The first-order chi connectivity index (χ1) is 9.01. The average molecular weight is 299 g/mol. The molecule has 0 N–H and O–H groups in total. The minimum absolute atomic E-state index is 0.0538. The van der Waals surface area contributed by atoms with Crippen LogP contribution in [0.2, 0.25) is 5.15 Å². The van der Waals surface area contributed by atoms with Crippen molar-refractivity contribution >= 4 is 34.9 Å². The van der Waals surface area contributed by atoms with E-state index in [1.54, 1.807) is 13.0 Å². The van der Waals surface area contributed by atoms with E-state index >= 15 is 0 Å². The molecule has 0 spiro atoms. The summed E-state index contributed by atoms with van der Waals surface area (Å²) in [6.07, 6.45) is 0.577. The second kappa shape index (κ2) is 5.33. The minimum atomic E-state index is -0.516. The average Bonchev–Trinajstić information content (AvgIpc) is 2.72. The number of hydrogen-bond acceptors (Lipinski definition) is 6. The van der Waals surface area contributed by atoms with Gasteiger partial charge in [-0.3, -0.25) is 14.9 Å². The molecule has 8 heteroatoms. The fourth-order valence-electron chi connectivity index (χ4n) is 1.32. The van der Waals surface area contributed by atoms with Gasteiger partial charge in [0.1, 0.15) is 10.6 Å². The fraction of sp³-hybridized carbons (Fsp3) is 0.0909. The quantitative estimate of drug-likeness (QED) is 0.489. The summed E-state index contributed by atoms with van der Waals surface area (Å²) in [6.45, 7) is 1.74. The molecule has 2 rings (SSSR count). The number of hydrogen-bond donors (Lipinski definition) is 0. The maximum Gasteiger partial charge on any atom is 0.280 e. The van der Waals surface area contributed by atoms with Gasteiger partial charge >= 0.3 is 0 Å². The van der Waals surface area contributed by atoms with Crippen molar-refractivity contribution < 1.29 is 14.5 Å². The van der Waals surface area contributed by atoms with E-state index in [2.05, 4.69) is 4.98 Å². The maximum atomic E-state index is 10.7. The maximum absolute atomic E-state index is 10.7. The van der Waals surface area contributed by atoms with Gasteiger partial charge in [0.2, 0.25) is 0 Å². The van der Waals surface area contributed by atoms with Crippen molar-refractivity contribution in [3.63, 3.8) is 0 Å². The molecule has 0 radical (unpaired) electrons. The van der Waals surface area contributed by atoms with E-state index in [-0.39, 0.29) is 20.9 Å². The highest BCUT2D eigenvalue weighted by molar-refractivity contribution is 7.15. The van der Waals surface area contributed by atoms with Gasteiger partial charge in [-0.25, -0.2) is 0 Å². The number of halogens is 1. The zero-order valence-corrected chi connectivity index (χ0v) is 11.2. The molecule has 98 valence electrons. The van der Waals surface area contributed by atoms with Crippen molar-refractivity contribution in [2.45, 2.75) is 6.92 Å². The number of thiazole rings is 1. The minimum Gasteiger partial charge on any atom is -0.430 e. The van der Waals surface area contributed by atoms with Crippen LogP contribution >= 0.6 is 22.9 Å². The first-order valence-electron chi connectivity index (χ1n) is 5.05. The number of nitro benzene ring substituents is 1. The Balaban J connectivity index is 2.34. The highest BCUT2D eigenvalue weighted by Crippen LogP contribution is 2.33. The molecule has 1 aromatic carbocycles. The Kier molecular flexibility index (Phi) is 3.77. The molecule has 19 heavy (non-hydrogen) atoms. The van der Waals surface area contributed by atoms with Crippen LogP contribution in [0, 0.1) is 17.0 Å². The summed E-state index contributed by atoms with van der Waals surface area (Å²) >= 11 is 6.69. The molecule has 6 nitrogen and oxygen atoms in total. The van der Waals surface area contributed by atoms with E-state index in [0.717, 1.165) is 11.3 Å². The highest BCUT2D eigenvalue weighted by atomic mass is 35.5. The Morgan fingerprint density at radius 1 is 1.53 bits per heavy atom. The molecule has 0 aliphatic carbocycles. The second-order valence-corrected chi connectivity index (χ2v) is 4.91. The van der Waals surface area contributed by atoms with Crippen LogP contribution in [0.4, 0.5) is 5.69 Å². The smallest absolute Gasteiger partial charge is 0.280 e. The van der Waals surface area contributed by atoms with Gasteiger partial charge in [0.05, 0.1) is 11.0 Å². The number of benzene rings is 1. The van der Waals surface area contributed by atoms with Crippen molar-refractivity contribution in [3.05, 3.63) is 43.9 Å². The van der Waals surface area contributed by atoms with Crippen molar-refractivity contribution in [3.8, 4) is 10.9 Å². The van der Waals surface area contributed by atoms with E-state index in [1.165, 1.54) is 12.1 Å². The molecule has 0 fully saturated rings. The number of aromatic nitrogens is 1. The number of rotatable bonds is 4. The summed E-state index contributed by atoms with van der Waals surface area (Å²) < 4.78 is 5.42. The zero-order chi connectivity index (χ0) is 14.0. The third-order valence-electron chi connectivity index (χ3n) is 2.28. The lowest BCUT2D eigenvalue weighted by atomic mass is 10.2. The summed E-state index contributed by atoms with van der Waals surface area (Å²) in [5, 5.41) is 10.9. The van der Waals surface area contributed by atoms with Gasteiger partial charge in [-0.2, -0.15) is 4.98 Å². The lowest BCUT2D eigenvalue weighted by Gasteiger charge is -2.04. The third-order valence-corrected chi connectivity index (χ3v) is 3.54. The van der Waals surface area contributed by atoms with Crippen LogP contribution in [0.3, 0.4) is 0 Å². The number of nitro groups is 1. The van der Waals surface area contributed by atoms with Crippen LogP contribution in [0.15, 0.2) is 18.2 Å². The number of non-ortho nitro benzene ring substituents is 1. The lowest BCUT2D eigenvalue weighted by molar-refractivity contribution is -0.384. The molecule has 1 heterocycles. The fourth-order valence-corrected chi connectivity index (χ4v) is 2.24. The molecule has 0 atom stereocenters. The molecule has 0 unspecified atom stereocenters. The SMILES string of the molecule is Cc1ccc([N+](=O)[O-])cc1Oc1nc(Cl)c(C=O)s1. The summed E-state index contributed by atoms with van der Waals surface area (Å²) in [4.78, 5) is 24.9. The Labute approximate surface area is 116 Å². The Morgan fingerprint density at radius 3 is 2.84 bits per heavy atom. The number of aryl methyl sites for hydroxylation is 1. The number of nitrogens with zero attached hydrogens (tertiary/aromatic N) is 2. The molecule has 0 aliphatic heterocycles. The van der Waals surface area contributed by atoms with E-state index in [0.29, 0.717) is 17.6 Å². The van der Waals surface area contributed by atoms with E-state index in [9.17, 15) is 14.9 Å². The molecule has 0 bridgehead atoms. The van der Waals surface area contributed by atoms with Crippen molar-refractivity contribution in [1.82, 2.24) is 4.98 Å². The first kappa shape index (κ1) is 13.4. The standard InChI is InChI=1S/C11H7ClN2O4S/c1-6-2-3-7(14(16)17)4-8(6)18-11-13-10(12)9(5-15)19-11/h2-5H,1H3. The van der Waals surface area contributed by atoms with Gasteiger partial charge in [0, 0.05) is 6.07 Å². The predicted octanol–water partition coefficient (Wildman–Crippen LogP) is 3.62. The molecule has 2 aromatic rings. The Hall–Kier alpha value is -1.99. The zero-order valence-electron chi connectivity index (χ0n) is 9.62. The van der Waals surface area contributed by atoms with Crippen LogP contribution in [0.5, 0.6) is 10.9 Å². The van der Waals surface area contributed by atoms with Gasteiger partial charge in [-0.05, 0) is 18.6 Å². The normalized spacial score (nSPS) is 10.2. The molecule has 0 aliphatic rings. The van der Waals surface area contributed by atoms with E-state index in [1.807, 2.05) is 0 Å². The molecule has 1 aromatic heterocycles. The summed E-state index contributed by atoms with van der Waals surface area (Å²) in [7, 11) is 0. The van der Waals surface area contributed by atoms with Gasteiger partial charge < -0.3 is 4.74 Å². The monoisotopic (exact) mass is 298 g/mol. The van der Waals surface area contributed by atoms with E-state index < -0.39 is 4.92 Å². The van der Waals surface area contributed by atoms with Crippen LogP contribution in [-0.2, 0) is 0 Å². The van der Waals surface area contributed by atoms with Gasteiger partial charge in [0.25, 0.3) is 10.9 Å². The summed E-state index contributed by atoms with van der Waals surface area (Å²) in [6, 6.07) is 4.25. The van der Waals surface area contributed by atoms with Crippen molar-refractivity contribution in [2.24, 2.45) is 0 Å². The van der Waals surface area contributed by atoms with Crippen LogP contribution in [0.25, 0.3) is 0 Å². The topological polar surface area (TPSA) is 82.3 Å². The first-order valence-corrected chi connectivity index (χ1v) is 6.25. The highest BCUT2D eigenvalue weighted by Gasteiger charge is 2.14. The third kappa shape index (κ3) is 2.88. The van der Waals surface area contributed by atoms with Gasteiger partial charge in [-0.15, -0.1) is 0 Å². The number of carbonyl (C=O) groups is 1. The molecule has 0 amide bonds. The number of carbonyl (C=O) groups excluding carboxylic acids is 1. The Morgan fingerprint density at radius 2 is 2.26 bits per heavy atom. The Bertz CT molecular complexity index is 656. The van der Waals surface area contributed by atoms with Crippen LogP contribution in [0.1, 0.15) is 15.2 Å².